The molecule has 2 aliphatic rings. The lowest BCUT2D eigenvalue weighted by Crippen LogP contribution is -2.40. The second kappa shape index (κ2) is 4.62. The van der Waals surface area contributed by atoms with Gasteiger partial charge < -0.3 is 10.2 Å². The van der Waals surface area contributed by atoms with Gasteiger partial charge in [-0.05, 0) is 25.0 Å². The van der Waals surface area contributed by atoms with Crippen LogP contribution < -0.4 is 5.32 Å². The molecule has 0 bridgehead atoms. The number of fused-ring (bicyclic) bond motifs is 1. The van der Waals surface area contributed by atoms with Crippen LogP contribution in [0.15, 0.2) is 47.9 Å². The van der Waals surface area contributed by atoms with Crippen molar-refractivity contribution in [2.45, 2.75) is 19.4 Å². The van der Waals surface area contributed by atoms with Crippen molar-refractivity contribution < 1.29 is 0 Å². The summed E-state index contributed by atoms with van der Waals surface area (Å²) >= 11 is 0. The molecule has 1 saturated heterocycles. The predicted molar refractivity (Wildman–Crippen MR) is 68.0 cm³/mol. The van der Waals surface area contributed by atoms with E-state index in [1.165, 1.54) is 11.4 Å². The van der Waals surface area contributed by atoms with E-state index < -0.39 is 0 Å². The first kappa shape index (κ1) is 10.4. The number of aromatic nitrogens is 1. The van der Waals surface area contributed by atoms with Gasteiger partial charge in [0.25, 0.3) is 0 Å². The highest BCUT2D eigenvalue weighted by molar-refractivity contribution is 5.33. The van der Waals surface area contributed by atoms with Crippen LogP contribution in [0.3, 0.4) is 0 Å². The molecule has 2 heterocycles. The Bertz CT molecular complexity index is 448. The first-order valence-electron chi connectivity index (χ1n) is 6.23. The molecule has 0 radical (unpaired) electrons. The summed E-state index contributed by atoms with van der Waals surface area (Å²) in [7, 11) is 0. The van der Waals surface area contributed by atoms with Crippen molar-refractivity contribution in [2.24, 2.45) is 0 Å². The van der Waals surface area contributed by atoms with E-state index >= 15 is 0 Å². The number of hydrogen-bond acceptors (Lipinski definition) is 3. The summed E-state index contributed by atoms with van der Waals surface area (Å²) in [5, 5.41) is 3.47. The highest BCUT2D eigenvalue weighted by atomic mass is 15.2. The third kappa shape index (κ3) is 2.18. The lowest BCUT2D eigenvalue weighted by Gasteiger charge is -2.35. The number of allylic oxidation sites excluding steroid dienone is 2. The highest BCUT2D eigenvalue weighted by Gasteiger charge is 2.20. The number of nitrogens with zero attached hydrogens (tertiary/aromatic N) is 2. The van der Waals surface area contributed by atoms with Gasteiger partial charge in [-0.15, -0.1) is 0 Å². The molecule has 0 spiro atoms. The van der Waals surface area contributed by atoms with Crippen LogP contribution in [-0.2, 0) is 6.54 Å². The van der Waals surface area contributed by atoms with Gasteiger partial charge in [0.2, 0.25) is 0 Å². The van der Waals surface area contributed by atoms with Crippen LogP contribution in [0, 0.1) is 0 Å². The molecule has 1 aliphatic carbocycles. The van der Waals surface area contributed by atoms with Crippen LogP contribution in [0.1, 0.15) is 18.5 Å². The minimum Gasteiger partial charge on any atom is -0.382 e. The van der Waals surface area contributed by atoms with E-state index in [-0.39, 0.29) is 0 Å². The molecule has 1 N–H and O–H groups in total. The van der Waals surface area contributed by atoms with Crippen molar-refractivity contribution >= 4 is 0 Å². The topological polar surface area (TPSA) is 28.2 Å². The van der Waals surface area contributed by atoms with E-state index in [0.717, 1.165) is 38.2 Å². The van der Waals surface area contributed by atoms with Crippen molar-refractivity contribution in [3.63, 3.8) is 0 Å². The van der Waals surface area contributed by atoms with Gasteiger partial charge >= 0.3 is 0 Å². The largest absolute Gasteiger partial charge is 0.382 e. The van der Waals surface area contributed by atoms with Gasteiger partial charge in [-0.1, -0.05) is 18.2 Å². The summed E-state index contributed by atoms with van der Waals surface area (Å²) < 4.78 is 0. The maximum atomic E-state index is 4.40. The summed E-state index contributed by atoms with van der Waals surface area (Å²) in [5.41, 5.74) is 3.80. The van der Waals surface area contributed by atoms with Gasteiger partial charge in [0, 0.05) is 19.3 Å². The van der Waals surface area contributed by atoms with Gasteiger partial charge in [0.05, 0.1) is 23.6 Å². The van der Waals surface area contributed by atoms with E-state index in [1.54, 1.807) is 0 Å². The Balaban J connectivity index is 1.79. The van der Waals surface area contributed by atoms with Gasteiger partial charge in [-0.3, -0.25) is 4.98 Å². The fraction of sp³-hybridized carbons (Fsp3) is 0.357. The lowest BCUT2D eigenvalue weighted by molar-refractivity contribution is 0.308. The van der Waals surface area contributed by atoms with E-state index in [2.05, 4.69) is 39.5 Å². The van der Waals surface area contributed by atoms with Gasteiger partial charge in [0.1, 0.15) is 0 Å². The summed E-state index contributed by atoms with van der Waals surface area (Å²) in [6.07, 6.45) is 8.82. The summed E-state index contributed by atoms with van der Waals surface area (Å²) in [4.78, 5) is 6.82. The molecule has 0 atom stereocenters. The number of nitrogens with one attached hydrogen (secondary N) is 1. The Morgan fingerprint density at radius 2 is 2.18 bits per heavy atom. The van der Waals surface area contributed by atoms with Gasteiger partial charge in [-0.25, -0.2) is 0 Å². The van der Waals surface area contributed by atoms with Crippen molar-refractivity contribution in [1.29, 1.82) is 0 Å². The van der Waals surface area contributed by atoms with Crippen LogP contribution in [-0.4, -0.2) is 23.0 Å². The molecule has 17 heavy (non-hydrogen) atoms. The Labute approximate surface area is 102 Å². The molecule has 3 heteroatoms. The maximum Gasteiger partial charge on any atom is 0.0603 e. The highest BCUT2D eigenvalue weighted by Crippen LogP contribution is 2.24. The Hall–Kier alpha value is -1.77. The second-order valence-electron chi connectivity index (χ2n) is 4.45. The quantitative estimate of drug-likeness (QED) is 0.838. The van der Waals surface area contributed by atoms with Crippen LogP contribution in [0.5, 0.6) is 0 Å². The molecule has 1 aromatic rings. The molecule has 88 valence electrons. The predicted octanol–water partition coefficient (Wildman–Crippen LogP) is 2.05. The third-order valence-corrected chi connectivity index (χ3v) is 3.25. The van der Waals surface area contributed by atoms with Crippen LogP contribution >= 0.6 is 0 Å². The zero-order valence-corrected chi connectivity index (χ0v) is 9.89. The van der Waals surface area contributed by atoms with E-state index in [4.69, 9.17) is 0 Å². The van der Waals surface area contributed by atoms with Crippen molar-refractivity contribution in [3.8, 4) is 0 Å². The first-order valence-corrected chi connectivity index (χ1v) is 6.23. The number of pyridine rings is 1. The second-order valence-corrected chi connectivity index (χ2v) is 4.45. The zero-order chi connectivity index (χ0) is 11.5. The minimum absolute atomic E-state index is 0.908. The minimum atomic E-state index is 0.908. The molecule has 1 aromatic heterocycles. The maximum absolute atomic E-state index is 4.40. The lowest BCUT2D eigenvalue weighted by atomic mass is 10.1. The van der Waals surface area contributed by atoms with E-state index in [0.29, 0.717) is 0 Å². The molecule has 0 aromatic carbocycles. The molecule has 0 saturated carbocycles. The Morgan fingerprint density at radius 3 is 3.06 bits per heavy atom. The normalized spacial score (nSPS) is 18.9. The smallest absolute Gasteiger partial charge is 0.0603 e. The number of piperazine rings is 1. The standard InChI is InChI=1S/C14H17N3/c1-2-7-14-13(6-1)16-9-10-17(14)11-12-5-3-4-8-15-12/h3-8,16H,1-2,9-11H2. The van der Waals surface area contributed by atoms with Crippen LogP contribution in [0.2, 0.25) is 0 Å². The zero-order valence-electron chi connectivity index (χ0n) is 9.89. The fourth-order valence-corrected chi connectivity index (χ4v) is 2.42. The molecule has 1 aliphatic heterocycles. The monoisotopic (exact) mass is 227 g/mol. The fourth-order valence-electron chi connectivity index (χ4n) is 2.42. The average Bonchev–Trinajstić information content (AvgIpc) is 2.40. The van der Waals surface area contributed by atoms with Crippen molar-refractivity contribution in [3.05, 3.63) is 53.6 Å². The summed E-state index contributed by atoms with van der Waals surface area (Å²) in [6.45, 7) is 2.99. The van der Waals surface area contributed by atoms with Gasteiger partial charge in [-0.2, -0.15) is 0 Å². The average molecular weight is 227 g/mol. The molecule has 3 rings (SSSR count). The Kier molecular flexibility index (Phi) is 2.82. The SMILES string of the molecule is C1=C2NCCN(Cc3ccccn3)C2=CCC1. The molecule has 3 nitrogen and oxygen atoms in total. The first-order chi connectivity index (χ1) is 8.43. The van der Waals surface area contributed by atoms with Crippen LogP contribution in [0.25, 0.3) is 0 Å². The molecule has 0 unspecified atom stereocenters. The number of rotatable bonds is 2. The molecule has 1 fully saturated rings. The molecular weight excluding hydrogens is 210 g/mol. The van der Waals surface area contributed by atoms with Crippen LogP contribution in [0.4, 0.5) is 0 Å². The number of hydrogen-bond donors (Lipinski definition) is 1. The third-order valence-electron chi connectivity index (χ3n) is 3.25. The molecule has 0 amide bonds. The van der Waals surface area contributed by atoms with Crippen molar-refractivity contribution in [1.82, 2.24) is 15.2 Å². The molecular formula is C14H17N3. The summed E-state index contributed by atoms with van der Waals surface area (Å²) in [5.74, 6) is 0. The van der Waals surface area contributed by atoms with Crippen molar-refractivity contribution in [2.75, 3.05) is 13.1 Å². The Morgan fingerprint density at radius 1 is 1.24 bits per heavy atom. The van der Waals surface area contributed by atoms with Gasteiger partial charge in [0.15, 0.2) is 0 Å². The van der Waals surface area contributed by atoms with E-state index in [1.807, 2.05) is 12.3 Å². The summed E-state index contributed by atoms with van der Waals surface area (Å²) in [6, 6.07) is 6.11. The van der Waals surface area contributed by atoms with E-state index in [9.17, 15) is 0 Å².